The largest absolute Gasteiger partial charge is 0.342 e. The molecule has 142 valence electrons. The minimum absolute atomic E-state index is 0.145. The second-order valence-corrected chi connectivity index (χ2v) is 6.17. The maximum Gasteiger partial charge on any atom is 0.332 e. The van der Waals surface area contributed by atoms with Crippen molar-refractivity contribution in [1.82, 2.24) is 13.7 Å². The molecule has 1 N–H and O–H groups in total. The maximum absolute atomic E-state index is 13.7. The van der Waals surface area contributed by atoms with Crippen LogP contribution in [0.25, 0.3) is 11.0 Å². The molecule has 3 aromatic rings. The Morgan fingerprint density at radius 2 is 1.85 bits per heavy atom. The predicted octanol–water partition coefficient (Wildman–Crippen LogP) is 1.75. The van der Waals surface area contributed by atoms with Crippen LogP contribution in [0.4, 0.5) is 14.5 Å². The average molecular weight is 376 g/mol. The fourth-order valence-electron chi connectivity index (χ4n) is 2.99. The van der Waals surface area contributed by atoms with Gasteiger partial charge in [-0.15, -0.1) is 0 Å². The minimum atomic E-state index is -0.921. The zero-order chi connectivity index (χ0) is 19.9. The number of hydrogen-bond donors (Lipinski definition) is 1. The van der Waals surface area contributed by atoms with Crippen molar-refractivity contribution in [2.24, 2.45) is 7.05 Å². The highest BCUT2D eigenvalue weighted by atomic mass is 19.1. The van der Waals surface area contributed by atoms with E-state index in [0.29, 0.717) is 17.1 Å². The molecule has 0 radical (unpaired) electrons. The molecule has 1 aromatic carbocycles. The number of halogens is 2. The Kier molecular flexibility index (Phi) is 4.69. The van der Waals surface area contributed by atoms with Gasteiger partial charge in [-0.2, -0.15) is 0 Å². The molecule has 0 aliphatic heterocycles. The van der Waals surface area contributed by atoms with Gasteiger partial charge in [-0.3, -0.25) is 18.7 Å². The molecule has 0 aliphatic carbocycles. The number of anilines is 1. The summed E-state index contributed by atoms with van der Waals surface area (Å²) in [5.41, 5.74) is 0.108. The van der Waals surface area contributed by atoms with Crippen molar-refractivity contribution in [1.29, 1.82) is 0 Å². The molecule has 0 saturated heterocycles. The van der Waals surface area contributed by atoms with Crippen LogP contribution >= 0.6 is 0 Å². The summed E-state index contributed by atoms with van der Waals surface area (Å²) in [6, 6.07) is 4.41. The number of aromatic nitrogens is 3. The number of nitrogens with one attached hydrogen (secondary N) is 1. The molecule has 3 rings (SSSR count). The first kappa shape index (κ1) is 18.6. The molecule has 27 heavy (non-hydrogen) atoms. The molecule has 0 spiro atoms. The van der Waals surface area contributed by atoms with Gasteiger partial charge in [0.25, 0.3) is 5.56 Å². The number of hydrogen-bond acceptors (Lipinski definition) is 3. The zero-order valence-electron chi connectivity index (χ0n) is 15.0. The van der Waals surface area contributed by atoms with Crippen LogP contribution in [0.15, 0.2) is 33.9 Å². The third-order valence-electron chi connectivity index (χ3n) is 4.48. The van der Waals surface area contributed by atoms with Gasteiger partial charge in [0.1, 0.15) is 23.7 Å². The molecule has 7 nitrogen and oxygen atoms in total. The Hall–Kier alpha value is -3.23. The van der Waals surface area contributed by atoms with Gasteiger partial charge >= 0.3 is 5.69 Å². The number of amides is 1. The van der Waals surface area contributed by atoms with Crippen molar-refractivity contribution in [2.45, 2.75) is 26.9 Å². The van der Waals surface area contributed by atoms with E-state index < -0.39 is 35.3 Å². The first-order chi connectivity index (χ1) is 12.7. The summed E-state index contributed by atoms with van der Waals surface area (Å²) in [5.74, 6) is -2.36. The molecular formula is C18H18F2N4O3. The van der Waals surface area contributed by atoms with Gasteiger partial charge in [0.05, 0.1) is 11.2 Å². The van der Waals surface area contributed by atoms with Crippen LogP contribution in [-0.2, 0) is 24.9 Å². The molecular weight excluding hydrogens is 358 g/mol. The van der Waals surface area contributed by atoms with Gasteiger partial charge in [0.2, 0.25) is 5.91 Å². The van der Waals surface area contributed by atoms with Crippen molar-refractivity contribution in [3.63, 3.8) is 0 Å². The first-order valence-electron chi connectivity index (χ1n) is 8.29. The number of nitrogens with zero attached hydrogens (tertiary/aromatic N) is 3. The number of rotatable bonds is 4. The fraction of sp³-hybridized carbons (Fsp3) is 0.278. The fourth-order valence-corrected chi connectivity index (χ4v) is 2.99. The molecule has 0 fully saturated rings. The highest BCUT2D eigenvalue weighted by molar-refractivity contribution is 5.91. The Morgan fingerprint density at radius 3 is 2.48 bits per heavy atom. The van der Waals surface area contributed by atoms with E-state index in [1.54, 1.807) is 31.5 Å². The van der Waals surface area contributed by atoms with Crippen LogP contribution in [0.3, 0.4) is 0 Å². The van der Waals surface area contributed by atoms with E-state index in [1.165, 1.54) is 4.57 Å². The molecule has 2 heterocycles. The van der Waals surface area contributed by atoms with Crippen LogP contribution in [0.2, 0.25) is 0 Å². The zero-order valence-corrected chi connectivity index (χ0v) is 15.0. The molecule has 0 bridgehead atoms. The Morgan fingerprint density at radius 1 is 1.15 bits per heavy atom. The summed E-state index contributed by atoms with van der Waals surface area (Å²) in [6.45, 7) is 3.16. The summed E-state index contributed by atoms with van der Waals surface area (Å²) in [7, 11) is 1.70. The highest BCUT2D eigenvalue weighted by Gasteiger charge is 2.19. The van der Waals surface area contributed by atoms with Gasteiger partial charge in [0, 0.05) is 25.4 Å². The standard InChI is InChI=1S/C18H18F2N4O3/c1-4-23-17(26)16-14(7-10(2)22(16)3)24(18(23)27)9-15(25)21-13-6-5-11(19)8-12(13)20/h5-8H,4,9H2,1-3H3,(H,21,25). The third kappa shape index (κ3) is 3.16. The van der Waals surface area contributed by atoms with Crippen LogP contribution in [0.5, 0.6) is 0 Å². The van der Waals surface area contributed by atoms with Gasteiger partial charge in [-0.25, -0.2) is 13.6 Å². The van der Waals surface area contributed by atoms with E-state index in [-0.39, 0.29) is 12.2 Å². The van der Waals surface area contributed by atoms with E-state index in [1.807, 2.05) is 0 Å². The molecule has 0 unspecified atom stereocenters. The van der Waals surface area contributed by atoms with E-state index in [0.717, 1.165) is 22.4 Å². The molecule has 9 heteroatoms. The van der Waals surface area contributed by atoms with E-state index in [9.17, 15) is 23.2 Å². The summed E-state index contributed by atoms with van der Waals surface area (Å²) >= 11 is 0. The molecule has 0 aliphatic rings. The molecule has 2 aromatic heterocycles. The summed E-state index contributed by atoms with van der Waals surface area (Å²) < 4.78 is 30.6. The second kappa shape index (κ2) is 6.82. The van der Waals surface area contributed by atoms with Gasteiger partial charge in [0.15, 0.2) is 0 Å². The predicted molar refractivity (Wildman–Crippen MR) is 96.8 cm³/mol. The number of carbonyl (C=O) groups excluding carboxylic acids is 1. The first-order valence-corrected chi connectivity index (χ1v) is 8.29. The molecule has 1 amide bonds. The third-order valence-corrected chi connectivity index (χ3v) is 4.48. The second-order valence-electron chi connectivity index (χ2n) is 6.17. The normalized spacial score (nSPS) is 11.1. The van der Waals surface area contributed by atoms with Crippen LogP contribution in [0.1, 0.15) is 12.6 Å². The van der Waals surface area contributed by atoms with E-state index in [4.69, 9.17) is 0 Å². The number of carbonyl (C=O) groups is 1. The SMILES string of the molecule is CCn1c(=O)c2c(cc(C)n2C)n(CC(=O)Nc2ccc(F)cc2F)c1=O. The van der Waals surface area contributed by atoms with E-state index in [2.05, 4.69) is 5.32 Å². The lowest BCUT2D eigenvalue weighted by Crippen LogP contribution is -2.41. The van der Waals surface area contributed by atoms with Crippen molar-refractivity contribution in [2.75, 3.05) is 5.32 Å². The van der Waals surface area contributed by atoms with Crippen molar-refractivity contribution in [3.05, 3.63) is 62.4 Å². The lowest BCUT2D eigenvalue weighted by atomic mass is 10.3. The quantitative estimate of drug-likeness (QED) is 0.754. The summed E-state index contributed by atoms with van der Waals surface area (Å²) in [5, 5.41) is 2.32. The monoisotopic (exact) mass is 376 g/mol. The number of aryl methyl sites for hydroxylation is 2. The van der Waals surface area contributed by atoms with Gasteiger partial charge in [-0.05, 0) is 32.0 Å². The van der Waals surface area contributed by atoms with Crippen molar-refractivity contribution >= 4 is 22.6 Å². The maximum atomic E-state index is 13.7. The lowest BCUT2D eigenvalue weighted by molar-refractivity contribution is -0.116. The Balaban J connectivity index is 2.06. The minimum Gasteiger partial charge on any atom is -0.342 e. The smallest absolute Gasteiger partial charge is 0.332 e. The van der Waals surface area contributed by atoms with Crippen LogP contribution < -0.4 is 16.6 Å². The van der Waals surface area contributed by atoms with E-state index >= 15 is 0 Å². The average Bonchev–Trinajstić information content (AvgIpc) is 2.90. The Labute approximate surface area is 152 Å². The van der Waals surface area contributed by atoms with Gasteiger partial charge < -0.3 is 9.88 Å². The Bertz CT molecular complexity index is 1170. The summed E-state index contributed by atoms with van der Waals surface area (Å²) in [4.78, 5) is 37.6. The summed E-state index contributed by atoms with van der Waals surface area (Å²) in [6.07, 6.45) is 0. The van der Waals surface area contributed by atoms with Crippen molar-refractivity contribution in [3.8, 4) is 0 Å². The lowest BCUT2D eigenvalue weighted by Gasteiger charge is -2.12. The van der Waals surface area contributed by atoms with Crippen LogP contribution in [0, 0.1) is 18.6 Å². The molecule has 0 saturated carbocycles. The number of benzene rings is 1. The highest BCUT2D eigenvalue weighted by Crippen LogP contribution is 2.16. The molecule has 0 atom stereocenters. The van der Waals surface area contributed by atoms with Crippen LogP contribution in [-0.4, -0.2) is 19.6 Å². The number of fused-ring (bicyclic) bond motifs is 1. The topological polar surface area (TPSA) is 78.0 Å². The van der Waals surface area contributed by atoms with Crippen molar-refractivity contribution < 1.29 is 13.6 Å². The van der Waals surface area contributed by atoms with Gasteiger partial charge in [-0.1, -0.05) is 0 Å².